The number of rotatable bonds is 7. The lowest BCUT2D eigenvalue weighted by molar-refractivity contribution is -0.136. The number of hydrogen-bond acceptors (Lipinski definition) is 6. The highest BCUT2D eigenvalue weighted by molar-refractivity contribution is 6.11. The minimum Gasteiger partial charge on any atom is -0.483 e. The van der Waals surface area contributed by atoms with E-state index in [0.29, 0.717) is 36.6 Å². The van der Waals surface area contributed by atoms with Crippen molar-refractivity contribution in [1.82, 2.24) is 4.90 Å². The highest BCUT2D eigenvalue weighted by Crippen LogP contribution is 2.47. The van der Waals surface area contributed by atoms with Crippen molar-refractivity contribution in [3.8, 4) is 0 Å². The van der Waals surface area contributed by atoms with E-state index in [4.69, 9.17) is 14.2 Å². The first-order valence-electron chi connectivity index (χ1n) is 11.9. The molecule has 0 aromatic heterocycles. The van der Waals surface area contributed by atoms with Gasteiger partial charge in [0.25, 0.3) is 5.91 Å². The third-order valence-electron chi connectivity index (χ3n) is 6.85. The predicted molar refractivity (Wildman–Crippen MR) is 121 cm³/mol. The minimum absolute atomic E-state index is 0.0316. The number of amides is 1. The quantitative estimate of drug-likeness (QED) is 0.459. The number of nitrogens with zero attached hydrogens (tertiary/aromatic N) is 1. The molecule has 178 valence electrons. The second-order valence-electron chi connectivity index (χ2n) is 9.58. The Kier molecular flexibility index (Phi) is 6.88. The van der Waals surface area contributed by atoms with Crippen molar-refractivity contribution < 1.29 is 28.6 Å². The Bertz CT molecular complexity index is 950. The van der Waals surface area contributed by atoms with Crippen molar-refractivity contribution in [2.75, 3.05) is 20.3 Å². The summed E-state index contributed by atoms with van der Waals surface area (Å²) in [5.74, 6) is -0.169. The molecule has 4 rings (SSSR count). The fourth-order valence-corrected chi connectivity index (χ4v) is 5.18. The van der Waals surface area contributed by atoms with Gasteiger partial charge in [-0.25, -0.2) is 4.79 Å². The number of hydrogen-bond donors (Lipinski definition) is 0. The molecule has 0 saturated heterocycles. The molecule has 0 radical (unpaired) electrons. The van der Waals surface area contributed by atoms with Gasteiger partial charge in [0, 0.05) is 13.2 Å². The molecule has 0 bridgehead atoms. The van der Waals surface area contributed by atoms with E-state index in [9.17, 15) is 14.4 Å². The van der Waals surface area contributed by atoms with Crippen molar-refractivity contribution >= 4 is 17.7 Å². The van der Waals surface area contributed by atoms with E-state index in [2.05, 4.69) is 6.92 Å². The van der Waals surface area contributed by atoms with Gasteiger partial charge in [0.15, 0.2) is 11.5 Å². The molecule has 4 atom stereocenters. The molecule has 4 unspecified atom stereocenters. The van der Waals surface area contributed by atoms with Crippen LogP contribution >= 0.6 is 0 Å². The number of methoxy groups -OCH3 is 1. The van der Waals surface area contributed by atoms with Crippen LogP contribution in [0.25, 0.3) is 0 Å². The van der Waals surface area contributed by atoms with Gasteiger partial charge in [-0.05, 0) is 63.1 Å². The fraction of sp³-hybridized carbons (Fsp3) is 0.577. The summed E-state index contributed by atoms with van der Waals surface area (Å²) in [6.07, 6.45) is 3.12. The normalized spacial score (nSPS) is 26.9. The van der Waals surface area contributed by atoms with Crippen molar-refractivity contribution in [3.05, 3.63) is 46.7 Å². The first kappa shape index (κ1) is 23.5. The van der Waals surface area contributed by atoms with Gasteiger partial charge in [0.2, 0.25) is 0 Å². The molecular formula is C26H33NO6. The maximum Gasteiger partial charge on any atom is 0.337 e. The zero-order valence-electron chi connectivity index (χ0n) is 19.8. The van der Waals surface area contributed by atoms with Crippen molar-refractivity contribution in [1.29, 1.82) is 0 Å². The van der Waals surface area contributed by atoms with E-state index in [1.54, 1.807) is 29.2 Å². The Morgan fingerprint density at radius 1 is 1.18 bits per heavy atom. The molecule has 0 spiro atoms. The van der Waals surface area contributed by atoms with Crippen molar-refractivity contribution in [2.45, 2.75) is 64.7 Å². The lowest BCUT2D eigenvalue weighted by Crippen LogP contribution is -2.41. The standard InChI is InChI=1S/C26H33NO6/c1-15(2)32-13-5-12-27-22(17-7-9-18(10-8-17)26(30)31-4)21-23(28)19-14-16(3)6-11-20(19)33-24(21)25(27)29/h7-10,15-16,19-20,22H,5-6,11-14H2,1-4H3. The summed E-state index contributed by atoms with van der Waals surface area (Å²) in [5, 5.41) is 0. The first-order chi connectivity index (χ1) is 15.8. The molecule has 7 nitrogen and oxygen atoms in total. The van der Waals surface area contributed by atoms with Crippen LogP contribution in [-0.4, -0.2) is 55.0 Å². The second-order valence-corrected chi connectivity index (χ2v) is 9.58. The fourth-order valence-electron chi connectivity index (χ4n) is 5.18. The molecule has 3 aliphatic rings. The molecule has 1 aliphatic carbocycles. The molecule has 1 aromatic rings. The van der Waals surface area contributed by atoms with Gasteiger partial charge in [0.1, 0.15) is 6.10 Å². The molecule has 1 fully saturated rings. The smallest absolute Gasteiger partial charge is 0.337 e. The predicted octanol–water partition coefficient (Wildman–Crippen LogP) is 3.83. The van der Waals surface area contributed by atoms with Crippen LogP contribution in [0.1, 0.15) is 68.4 Å². The zero-order valence-corrected chi connectivity index (χ0v) is 19.8. The SMILES string of the molecule is COC(=O)c1ccc(C2C3=C(OC4CCC(C)CC4C3=O)C(=O)N2CCCOC(C)C)cc1. The highest BCUT2D eigenvalue weighted by atomic mass is 16.5. The molecular weight excluding hydrogens is 422 g/mol. The molecule has 7 heteroatoms. The molecule has 33 heavy (non-hydrogen) atoms. The van der Waals surface area contributed by atoms with Crippen molar-refractivity contribution in [3.63, 3.8) is 0 Å². The number of carbonyl (C=O) groups excluding carboxylic acids is 3. The number of Topliss-reactive ketones (excluding diaryl/α,β-unsaturated/α-hetero) is 1. The van der Waals surface area contributed by atoms with Crippen LogP contribution in [0, 0.1) is 11.8 Å². The lowest BCUT2D eigenvalue weighted by atomic mass is 9.74. The third-order valence-corrected chi connectivity index (χ3v) is 6.85. The molecule has 2 heterocycles. The third kappa shape index (κ3) is 4.56. The lowest BCUT2D eigenvalue weighted by Gasteiger charge is -2.37. The van der Waals surface area contributed by atoms with Gasteiger partial charge >= 0.3 is 5.97 Å². The van der Waals surface area contributed by atoms with E-state index >= 15 is 0 Å². The Labute approximate surface area is 195 Å². The van der Waals surface area contributed by atoms with Gasteiger partial charge in [-0.2, -0.15) is 0 Å². The average Bonchev–Trinajstić information content (AvgIpc) is 3.08. The molecule has 1 aromatic carbocycles. The van der Waals surface area contributed by atoms with Crippen LogP contribution < -0.4 is 0 Å². The van der Waals surface area contributed by atoms with Gasteiger partial charge in [-0.1, -0.05) is 19.1 Å². The largest absolute Gasteiger partial charge is 0.483 e. The average molecular weight is 456 g/mol. The van der Waals surface area contributed by atoms with E-state index in [1.807, 2.05) is 13.8 Å². The van der Waals surface area contributed by atoms with E-state index in [1.165, 1.54) is 7.11 Å². The topological polar surface area (TPSA) is 82.1 Å². The van der Waals surface area contributed by atoms with Crippen LogP contribution in [-0.2, 0) is 23.8 Å². The molecule has 0 N–H and O–H groups in total. The van der Waals surface area contributed by atoms with Gasteiger partial charge in [-0.3, -0.25) is 9.59 Å². The number of fused-ring (bicyclic) bond motifs is 1. The number of esters is 1. The Morgan fingerprint density at radius 3 is 2.58 bits per heavy atom. The summed E-state index contributed by atoms with van der Waals surface area (Å²) in [6, 6.07) is 6.40. The van der Waals surface area contributed by atoms with Crippen LogP contribution in [0.4, 0.5) is 0 Å². The van der Waals surface area contributed by atoms with Crippen molar-refractivity contribution in [2.24, 2.45) is 11.8 Å². The summed E-state index contributed by atoms with van der Waals surface area (Å²) < 4.78 is 16.7. The molecule has 2 aliphatic heterocycles. The Balaban J connectivity index is 1.66. The van der Waals surface area contributed by atoms with Crippen LogP contribution in [0.5, 0.6) is 0 Å². The first-order valence-corrected chi connectivity index (χ1v) is 11.9. The summed E-state index contributed by atoms with van der Waals surface area (Å²) in [5.41, 5.74) is 1.67. The number of ether oxygens (including phenoxy) is 3. The van der Waals surface area contributed by atoms with E-state index < -0.39 is 12.0 Å². The number of benzene rings is 1. The monoisotopic (exact) mass is 455 g/mol. The maximum absolute atomic E-state index is 13.7. The van der Waals surface area contributed by atoms with Gasteiger partial charge < -0.3 is 19.1 Å². The van der Waals surface area contributed by atoms with E-state index in [0.717, 1.165) is 24.8 Å². The number of carbonyl (C=O) groups is 3. The molecule has 1 amide bonds. The minimum atomic E-state index is -0.524. The summed E-state index contributed by atoms with van der Waals surface area (Å²) in [7, 11) is 1.34. The number of ketones is 1. The Morgan fingerprint density at radius 2 is 1.91 bits per heavy atom. The molecule has 1 saturated carbocycles. The maximum atomic E-state index is 13.7. The van der Waals surface area contributed by atoms with Gasteiger partial charge in [-0.15, -0.1) is 0 Å². The summed E-state index contributed by atoms with van der Waals surface area (Å²) in [6.45, 7) is 7.09. The Hall–Kier alpha value is -2.67. The van der Waals surface area contributed by atoms with Crippen LogP contribution in [0.15, 0.2) is 35.6 Å². The second kappa shape index (κ2) is 9.67. The highest BCUT2D eigenvalue weighted by Gasteiger charge is 2.52. The summed E-state index contributed by atoms with van der Waals surface area (Å²) >= 11 is 0. The zero-order chi connectivity index (χ0) is 23.7. The van der Waals surface area contributed by atoms with Crippen LogP contribution in [0.3, 0.4) is 0 Å². The van der Waals surface area contributed by atoms with Crippen LogP contribution in [0.2, 0.25) is 0 Å². The summed E-state index contributed by atoms with van der Waals surface area (Å²) in [4.78, 5) is 40.7. The van der Waals surface area contributed by atoms with E-state index in [-0.39, 0.29) is 35.6 Å². The van der Waals surface area contributed by atoms with Gasteiger partial charge in [0.05, 0.1) is 36.3 Å².